The molecule has 0 atom stereocenters. The number of carbonyl (C=O) groups excluding carboxylic acids is 2. The van der Waals surface area contributed by atoms with Gasteiger partial charge in [-0.1, -0.05) is 12.1 Å². The number of nitrogens with zero attached hydrogens (tertiary/aromatic N) is 4. The van der Waals surface area contributed by atoms with E-state index >= 15 is 0 Å². The fraction of sp³-hybridized carbons (Fsp3) is 0.296. The number of nitrogens with one attached hydrogen (secondary N) is 2. The van der Waals surface area contributed by atoms with Gasteiger partial charge in [0, 0.05) is 61.8 Å². The van der Waals surface area contributed by atoms with E-state index < -0.39 is 12.1 Å². The minimum Gasteiger partial charge on any atom is -0.475 e. The first-order chi connectivity index (χ1) is 19.5. The Bertz CT molecular complexity index is 1430. The lowest BCUT2D eigenvalue weighted by atomic mass is 10.1. The fourth-order valence-corrected chi connectivity index (χ4v) is 4.09. The molecule has 41 heavy (non-hydrogen) atoms. The molecule has 11 nitrogen and oxygen atoms in total. The molecule has 0 unspecified atom stereocenters. The molecular formula is C27H27F3N6O5. The van der Waals surface area contributed by atoms with Crippen molar-refractivity contribution in [2.75, 3.05) is 44.9 Å². The van der Waals surface area contributed by atoms with Gasteiger partial charge in [0.15, 0.2) is 0 Å². The van der Waals surface area contributed by atoms with Crippen LogP contribution in [0.1, 0.15) is 32.0 Å². The first kappa shape index (κ1) is 29.3. The monoisotopic (exact) mass is 572 g/mol. The highest BCUT2D eigenvalue weighted by Crippen LogP contribution is 2.26. The van der Waals surface area contributed by atoms with Gasteiger partial charge in [-0.05, 0) is 35.9 Å². The third kappa shape index (κ3) is 7.48. The number of amides is 2. The summed E-state index contributed by atoms with van der Waals surface area (Å²) in [4.78, 5) is 43.1. The van der Waals surface area contributed by atoms with Gasteiger partial charge in [0.05, 0.1) is 25.0 Å². The van der Waals surface area contributed by atoms with Crippen LogP contribution in [0.3, 0.4) is 0 Å². The molecule has 0 radical (unpaired) electrons. The van der Waals surface area contributed by atoms with E-state index in [1.165, 1.54) is 0 Å². The van der Waals surface area contributed by atoms with Crippen molar-refractivity contribution >= 4 is 29.8 Å². The number of rotatable bonds is 5. The number of pyridine rings is 1. The number of ether oxygens (including phenoxy) is 1. The Labute approximate surface area is 232 Å². The molecule has 216 valence electrons. The molecule has 5 rings (SSSR count). The maximum atomic E-state index is 12.6. The number of aromatic amines is 1. The summed E-state index contributed by atoms with van der Waals surface area (Å²) in [5, 5.41) is 16.2. The van der Waals surface area contributed by atoms with Gasteiger partial charge in [-0.15, -0.1) is 0 Å². The van der Waals surface area contributed by atoms with Crippen LogP contribution in [0.5, 0.6) is 0 Å². The van der Waals surface area contributed by atoms with Crippen molar-refractivity contribution in [2.45, 2.75) is 12.6 Å². The Hall–Kier alpha value is -4.72. The minimum atomic E-state index is -5.08. The van der Waals surface area contributed by atoms with E-state index in [0.717, 1.165) is 28.9 Å². The lowest BCUT2D eigenvalue weighted by molar-refractivity contribution is -0.192. The number of anilines is 1. The molecule has 2 aliphatic heterocycles. The molecule has 14 heteroatoms. The van der Waals surface area contributed by atoms with E-state index in [-0.39, 0.29) is 11.8 Å². The van der Waals surface area contributed by atoms with Crippen molar-refractivity contribution in [3.05, 3.63) is 71.0 Å². The second-order valence-corrected chi connectivity index (χ2v) is 9.08. The van der Waals surface area contributed by atoms with Gasteiger partial charge in [0.1, 0.15) is 5.82 Å². The van der Waals surface area contributed by atoms with Crippen molar-refractivity contribution in [1.82, 2.24) is 20.2 Å². The molecule has 3 aromatic rings. The van der Waals surface area contributed by atoms with E-state index in [1.807, 2.05) is 54.4 Å². The summed E-state index contributed by atoms with van der Waals surface area (Å²) >= 11 is 0. The predicted molar refractivity (Wildman–Crippen MR) is 143 cm³/mol. The highest BCUT2D eigenvalue weighted by molar-refractivity contribution is 5.98. The Morgan fingerprint density at radius 3 is 2.46 bits per heavy atom. The Balaban J connectivity index is 0.000000493. The van der Waals surface area contributed by atoms with Crippen LogP contribution in [-0.2, 0) is 16.0 Å². The average Bonchev–Trinajstić information content (AvgIpc) is 3.42. The second kappa shape index (κ2) is 12.6. The van der Waals surface area contributed by atoms with Gasteiger partial charge < -0.3 is 25.0 Å². The lowest BCUT2D eigenvalue weighted by Crippen LogP contribution is -2.40. The van der Waals surface area contributed by atoms with Gasteiger partial charge in [-0.3, -0.25) is 14.6 Å². The lowest BCUT2D eigenvalue weighted by Gasteiger charge is -2.26. The summed E-state index contributed by atoms with van der Waals surface area (Å²) in [5.74, 6) is -2.11. The van der Waals surface area contributed by atoms with Crippen LogP contribution < -0.4 is 10.3 Å². The maximum Gasteiger partial charge on any atom is 0.490 e. The number of benzene rings is 1. The molecule has 0 bridgehead atoms. The van der Waals surface area contributed by atoms with Crippen LogP contribution in [0.25, 0.3) is 11.3 Å². The molecular weight excluding hydrogens is 545 g/mol. The highest BCUT2D eigenvalue weighted by atomic mass is 19.4. The molecule has 0 spiro atoms. The summed E-state index contributed by atoms with van der Waals surface area (Å²) in [6, 6.07) is 13.1. The molecule has 1 saturated heterocycles. The molecule has 2 aromatic heterocycles. The Morgan fingerprint density at radius 1 is 1.15 bits per heavy atom. The van der Waals surface area contributed by atoms with Crippen molar-refractivity contribution in [3.8, 4) is 11.3 Å². The molecule has 2 amide bonds. The van der Waals surface area contributed by atoms with E-state index in [2.05, 4.69) is 20.4 Å². The van der Waals surface area contributed by atoms with Gasteiger partial charge in [0.2, 0.25) is 0 Å². The molecule has 0 saturated carbocycles. The van der Waals surface area contributed by atoms with E-state index in [1.54, 1.807) is 17.4 Å². The number of carboxylic acid groups (broad SMARTS) is 1. The topological polar surface area (TPSA) is 140 Å². The van der Waals surface area contributed by atoms with Crippen molar-refractivity contribution in [1.29, 1.82) is 0 Å². The van der Waals surface area contributed by atoms with Gasteiger partial charge in [-0.25, -0.2) is 9.78 Å². The van der Waals surface area contributed by atoms with Gasteiger partial charge >= 0.3 is 12.1 Å². The third-order valence-electron chi connectivity index (χ3n) is 6.27. The number of hydrogen-bond donors (Lipinski definition) is 3. The number of hydrogen-bond acceptors (Lipinski definition) is 7. The van der Waals surface area contributed by atoms with Crippen LogP contribution in [0.4, 0.5) is 19.0 Å². The largest absolute Gasteiger partial charge is 0.490 e. The smallest absolute Gasteiger partial charge is 0.475 e. The Morgan fingerprint density at radius 2 is 1.83 bits per heavy atom. The predicted octanol–water partition coefficient (Wildman–Crippen LogP) is 2.94. The number of morpholine rings is 1. The number of hydrazone groups is 1. The van der Waals surface area contributed by atoms with Crippen LogP contribution >= 0.6 is 0 Å². The van der Waals surface area contributed by atoms with Crippen LogP contribution in [0.15, 0.2) is 53.8 Å². The van der Waals surface area contributed by atoms with Crippen molar-refractivity contribution in [2.24, 2.45) is 5.10 Å². The summed E-state index contributed by atoms with van der Waals surface area (Å²) in [5.41, 5.74) is 5.00. The minimum absolute atomic E-state index is 0.0217. The number of H-pyrrole nitrogens is 1. The van der Waals surface area contributed by atoms with Gasteiger partial charge in [-0.2, -0.15) is 18.3 Å². The quantitative estimate of drug-likeness (QED) is 0.316. The Kier molecular flexibility index (Phi) is 9.02. The molecule has 2 aliphatic rings. The zero-order valence-corrected chi connectivity index (χ0v) is 21.9. The van der Waals surface area contributed by atoms with Gasteiger partial charge in [0.25, 0.3) is 11.8 Å². The van der Waals surface area contributed by atoms with Crippen molar-refractivity contribution < 1.29 is 37.4 Å². The SMILES string of the molecule is CN(/N=C/c1ccc(C(=O)N2CCOCC2)cc1)c1cc(-c2cc3c([nH]2)CCNC3=O)ccn1.O=C(O)C(F)(F)F. The van der Waals surface area contributed by atoms with E-state index in [9.17, 15) is 22.8 Å². The van der Waals surface area contributed by atoms with E-state index in [4.69, 9.17) is 14.6 Å². The van der Waals surface area contributed by atoms with Crippen LogP contribution in [-0.4, -0.2) is 90.0 Å². The number of carboxylic acids is 1. The number of halogens is 3. The number of aromatic nitrogens is 2. The standard InChI is InChI=1S/C25H26N6O3.C2HF3O2/c1-30(28-16-17-2-4-18(5-3-17)25(33)31-10-12-34-13-11-31)23-14-19(6-8-26-23)22-15-20-21(29-22)7-9-27-24(20)32;3-2(4,5)1(6)7/h2-6,8,14-16,29H,7,9-13H2,1H3,(H,27,32);(H,6,7)/b28-16+;. The number of alkyl halides is 3. The molecule has 0 aliphatic carbocycles. The number of carbonyl (C=O) groups is 3. The summed E-state index contributed by atoms with van der Waals surface area (Å²) in [7, 11) is 1.83. The average molecular weight is 573 g/mol. The molecule has 1 aromatic carbocycles. The molecule has 4 heterocycles. The number of aliphatic carboxylic acids is 1. The zero-order valence-electron chi connectivity index (χ0n) is 21.9. The second-order valence-electron chi connectivity index (χ2n) is 9.08. The normalized spacial score (nSPS) is 15.0. The van der Waals surface area contributed by atoms with Crippen molar-refractivity contribution in [3.63, 3.8) is 0 Å². The first-order valence-corrected chi connectivity index (χ1v) is 12.5. The zero-order chi connectivity index (χ0) is 29.6. The van der Waals surface area contributed by atoms with E-state index in [0.29, 0.717) is 49.8 Å². The fourth-order valence-electron chi connectivity index (χ4n) is 4.09. The molecule has 3 N–H and O–H groups in total. The number of fused-ring (bicyclic) bond motifs is 1. The molecule has 1 fully saturated rings. The summed E-state index contributed by atoms with van der Waals surface area (Å²) < 4.78 is 37.0. The summed E-state index contributed by atoms with van der Waals surface area (Å²) in [6.07, 6.45) is -0.836. The summed E-state index contributed by atoms with van der Waals surface area (Å²) in [6.45, 7) is 3.06. The first-order valence-electron chi connectivity index (χ1n) is 12.5. The third-order valence-corrected chi connectivity index (χ3v) is 6.27. The highest BCUT2D eigenvalue weighted by Gasteiger charge is 2.38. The maximum absolute atomic E-state index is 12.6. The van der Waals surface area contributed by atoms with Crippen LogP contribution in [0, 0.1) is 0 Å². The van der Waals surface area contributed by atoms with Crippen LogP contribution in [0.2, 0.25) is 0 Å².